The molecule has 0 aromatic carbocycles. The topological polar surface area (TPSA) is 21.3 Å². The molecule has 0 amide bonds. The highest BCUT2D eigenvalue weighted by molar-refractivity contribution is 4.77. The smallest absolute Gasteiger partial charge is 0.0615 e. The molecule has 0 aliphatic heterocycles. The number of hydrogen-bond donors (Lipinski definition) is 1. The molecule has 1 saturated carbocycles. The quantitative estimate of drug-likeness (QED) is 0.680. The third-order valence-electron chi connectivity index (χ3n) is 3.29. The van der Waals surface area contributed by atoms with Crippen molar-refractivity contribution in [1.29, 1.82) is 0 Å². The molecule has 2 nitrogen and oxygen atoms in total. The van der Waals surface area contributed by atoms with Gasteiger partial charge in [0.2, 0.25) is 0 Å². The first-order valence-electron chi connectivity index (χ1n) is 6.01. The minimum Gasteiger partial charge on any atom is -0.383 e. The molecule has 0 aromatic heterocycles. The van der Waals surface area contributed by atoms with Crippen LogP contribution in [0.2, 0.25) is 0 Å². The van der Waals surface area contributed by atoms with Crippen LogP contribution in [0.4, 0.5) is 0 Å². The van der Waals surface area contributed by atoms with Gasteiger partial charge in [0, 0.05) is 19.2 Å². The standard InChI is InChI=1S/C12H25NO/c1-4-12(9-14-3)13-10(2)8-11-6-5-7-11/h10-13H,4-9H2,1-3H3. The van der Waals surface area contributed by atoms with Crippen molar-refractivity contribution in [1.82, 2.24) is 5.32 Å². The Morgan fingerprint density at radius 3 is 2.57 bits per heavy atom. The van der Waals surface area contributed by atoms with E-state index in [1.807, 2.05) is 0 Å². The molecule has 2 heteroatoms. The summed E-state index contributed by atoms with van der Waals surface area (Å²) < 4.78 is 5.18. The number of rotatable bonds is 7. The van der Waals surface area contributed by atoms with Gasteiger partial charge in [-0.05, 0) is 25.7 Å². The molecule has 2 unspecified atom stereocenters. The molecule has 1 N–H and O–H groups in total. The Labute approximate surface area is 88.4 Å². The van der Waals surface area contributed by atoms with Crippen LogP contribution in [0.5, 0.6) is 0 Å². The van der Waals surface area contributed by atoms with Gasteiger partial charge in [0.15, 0.2) is 0 Å². The molecular formula is C12H25NO. The summed E-state index contributed by atoms with van der Waals surface area (Å²) in [4.78, 5) is 0. The predicted molar refractivity (Wildman–Crippen MR) is 60.5 cm³/mol. The lowest BCUT2D eigenvalue weighted by Gasteiger charge is -2.30. The minimum atomic E-state index is 0.537. The van der Waals surface area contributed by atoms with Crippen molar-refractivity contribution < 1.29 is 4.74 Å². The van der Waals surface area contributed by atoms with Gasteiger partial charge in [-0.15, -0.1) is 0 Å². The van der Waals surface area contributed by atoms with Crippen molar-refractivity contribution in [3.63, 3.8) is 0 Å². The summed E-state index contributed by atoms with van der Waals surface area (Å²) in [5, 5.41) is 3.64. The van der Waals surface area contributed by atoms with E-state index in [1.54, 1.807) is 7.11 Å². The van der Waals surface area contributed by atoms with E-state index in [1.165, 1.54) is 25.7 Å². The molecule has 1 aliphatic carbocycles. The van der Waals surface area contributed by atoms with E-state index in [9.17, 15) is 0 Å². The lowest BCUT2D eigenvalue weighted by Crippen LogP contribution is -2.40. The maximum atomic E-state index is 5.18. The van der Waals surface area contributed by atoms with E-state index in [0.717, 1.165) is 18.9 Å². The molecule has 1 fully saturated rings. The number of nitrogens with one attached hydrogen (secondary N) is 1. The normalized spacial score (nSPS) is 21.6. The molecule has 0 bridgehead atoms. The maximum absolute atomic E-state index is 5.18. The van der Waals surface area contributed by atoms with Crippen molar-refractivity contribution in [2.45, 2.75) is 58.0 Å². The molecule has 84 valence electrons. The van der Waals surface area contributed by atoms with Crippen LogP contribution in [0.1, 0.15) is 46.0 Å². The van der Waals surface area contributed by atoms with Crippen LogP contribution in [0, 0.1) is 5.92 Å². The zero-order chi connectivity index (χ0) is 10.4. The van der Waals surface area contributed by atoms with Gasteiger partial charge >= 0.3 is 0 Å². The third-order valence-corrected chi connectivity index (χ3v) is 3.29. The second-order valence-electron chi connectivity index (χ2n) is 4.66. The van der Waals surface area contributed by atoms with Gasteiger partial charge in [0.1, 0.15) is 0 Å². The van der Waals surface area contributed by atoms with Crippen LogP contribution in [0.25, 0.3) is 0 Å². The SMILES string of the molecule is CCC(COC)NC(C)CC1CCC1. The highest BCUT2D eigenvalue weighted by Crippen LogP contribution is 2.30. The van der Waals surface area contributed by atoms with Crippen LogP contribution in [0.15, 0.2) is 0 Å². The Morgan fingerprint density at radius 2 is 2.14 bits per heavy atom. The zero-order valence-corrected chi connectivity index (χ0v) is 9.88. The first-order chi connectivity index (χ1) is 6.76. The summed E-state index contributed by atoms with van der Waals surface area (Å²) >= 11 is 0. The molecule has 0 heterocycles. The molecule has 0 spiro atoms. The van der Waals surface area contributed by atoms with Crippen molar-refractivity contribution in [3.05, 3.63) is 0 Å². The summed E-state index contributed by atoms with van der Waals surface area (Å²) in [6.07, 6.45) is 6.86. The Bertz CT molecular complexity index is 145. The second-order valence-corrected chi connectivity index (χ2v) is 4.66. The van der Waals surface area contributed by atoms with E-state index in [4.69, 9.17) is 4.74 Å². The van der Waals surface area contributed by atoms with Gasteiger partial charge in [0.05, 0.1) is 6.61 Å². The lowest BCUT2D eigenvalue weighted by molar-refractivity contribution is 0.153. The Kier molecular flexibility index (Phi) is 5.49. The van der Waals surface area contributed by atoms with Crippen LogP contribution in [-0.4, -0.2) is 25.8 Å². The first-order valence-corrected chi connectivity index (χ1v) is 6.01. The molecule has 2 atom stereocenters. The van der Waals surface area contributed by atoms with Gasteiger partial charge in [-0.3, -0.25) is 0 Å². The Balaban J connectivity index is 2.12. The van der Waals surface area contributed by atoms with Crippen LogP contribution < -0.4 is 5.32 Å². The average Bonchev–Trinajstić information content (AvgIpc) is 2.11. The van der Waals surface area contributed by atoms with Gasteiger partial charge in [-0.25, -0.2) is 0 Å². The van der Waals surface area contributed by atoms with E-state index in [2.05, 4.69) is 19.2 Å². The zero-order valence-electron chi connectivity index (χ0n) is 9.88. The fourth-order valence-electron chi connectivity index (χ4n) is 2.18. The van der Waals surface area contributed by atoms with E-state index in [-0.39, 0.29) is 0 Å². The number of hydrogen-bond acceptors (Lipinski definition) is 2. The van der Waals surface area contributed by atoms with E-state index < -0.39 is 0 Å². The van der Waals surface area contributed by atoms with Crippen molar-refractivity contribution in [2.24, 2.45) is 5.92 Å². The lowest BCUT2D eigenvalue weighted by atomic mass is 9.81. The Hall–Kier alpha value is -0.0800. The monoisotopic (exact) mass is 199 g/mol. The molecule has 1 aliphatic rings. The van der Waals surface area contributed by atoms with Gasteiger partial charge in [-0.2, -0.15) is 0 Å². The largest absolute Gasteiger partial charge is 0.383 e. The minimum absolute atomic E-state index is 0.537. The highest BCUT2D eigenvalue weighted by atomic mass is 16.5. The molecule has 0 saturated heterocycles. The predicted octanol–water partition coefficient (Wildman–Crippen LogP) is 2.58. The Morgan fingerprint density at radius 1 is 1.43 bits per heavy atom. The van der Waals surface area contributed by atoms with Gasteiger partial charge in [-0.1, -0.05) is 26.2 Å². The van der Waals surface area contributed by atoms with Crippen molar-refractivity contribution >= 4 is 0 Å². The van der Waals surface area contributed by atoms with Crippen LogP contribution in [0.3, 0.4) is 0 Å². The first kappa shape index (κ1) is 12.0. The third kappa shape index (κ3) is 3.97. The second kappa shape index (κ2) is 6.41. The summed E-state index contributed by atoms with van der Waals surface area (Å²) in [5.41, 5.74) is 0. The molecule has 14 heavy (non-hydrogen) atoms. The fraction of sp³-hybridized carbons (Fsp3) is 1.00. The molecule has 1 rings (SSSR count). The number of methoxy groups -OCH3 is 1. The molecule has 0 radical (unpaired) electrons. The fourth-order valence-corrected chi connectivity index (χ4v) is 2.18. The van der Waals surface area contributed by atoms with Crippen LogP contribution >= 0.6 is 0 Å². The van der Waals surface area contributed by atoms with E-state index in [0.29, 0.717) is 12.1 Å². The summed E-state index contributed by atoms with van der Waals surface area (Å²) in [5.74, 6) is 0.998. The van der Waals surface area contributed by atoms with Gasteiger partial charge < -0.3 is 10.1 Å². The maximum Gasteiger partial charge on any atom is 0.0615 e. The summed E-state index contributed by atoms with van der Waals surface area (Å²) in [6, 6.07) is 1.19. The highest BCUT2D eigenvalue weighted by Gasteiger charge is 2.20. The van der Waals surface area contributed by atoms with Crippen molar-refractivity contribution in [2.75, 3.05) is 13.7 Å². The summed E-state index contributed by atoms with van der Waals surface area (Å²) in [7, 11) is 1.78. The van der Waals surface area contributed by atoms with Crippen molar-refractivity contribution in [3.8, 4) is 0 Å². The molecular weight excluding hydrogens is 174 g/mol. The number of ether oxygens (including phenoxy) is 1. The molecule has 0 aromatic rings. The van der Waals surface area contributed by atoms with Gasteiger partial charge in [0.25, 0.3) is 0 Å². The summed E-state index contributed by atoms with van der Waals surface area (Å²) in [6.45, 7) is 5.36. The van der Waals surface area contributed by atoms with Crippen LogP contribution in [-0.2, 0) is 4.74 Å². The average molecular weight is 199 g/mol. The van der Waals surface area contributed by atoms with E-state index >= 15 is 0 Å².